The molecule has 0 bridgehead atoms. The van der Waals surface area contributed by atoms with Crippen LogP contribution in [0.1, 0.15) is 84.5 Å². The lowest BCUT2D eigenvalue weighted by molar-refractivity contribution is -0.356. The Morgan fingerprint density at radius 1 is 0.871 bits per heavy atom. The summed E-state index contributed by atoms with van der Waals surface area (Å²) in [4.78, 5) is 37.7. The maximum Gasteiger partial charge on any atom is 0.331 e. The molecule has 348 valence electrons. The van der Waals surface area contributed by atoms with Crippen LogP contribution in [-0.2, 0) is 52.3 Å². The highest BCUT2D eigenvalue weighted by molar-refractivity contribution is 5.88. The van der Waals surface area contributed by atoms with Gasteiger partial charge in [-0.1, -0.05) is 6.92 Å². The molecule has 9 rings (SSSR count). The van der Waals surface area contributed by atoms with Crippen LogP contribution in [0.4, 0.5) is 0 Å². The third-order valence-corrected chi connectivity index (χ3v) is 17.0. The Kier molecular flexibility index (Phi) is 11.7. The maximum absolute atomic E-state index is 13.3. The number of ether oxygens (including phenoxy) is 8. The summed E-state index contributed by atoms with van der Waals surface area (Å²) in [7, 11) is 1.47. The third-order valence-electron chi connectivity index (χ3n) is 17.0. The average Bonchev–Trinajstić information content (AvgIpc) is 3.61. The average molecular weight is 883 g/mol. The largest absolute Gasteiger partial charge is 0.458 e. The molecule has 5 aliphatic carbocycles. The molecule has 22 atom stereocenters. The molecule has 0 aromatic rings. The first-order chi connectivity index (χ1) is 29.4. The van der Waals surface area contributed by atoms with Crippen LogP contribution in [-0.4, -0.2) is 182 Å². The molecule has 5 saturated carbocycles. The number of esters is 1. The fourth-order valence-electron chi connectivity index (χ4n) is 13.5. The van der Waals surface area contributed by atoms with Gasteiger partial charge >= 0.3 is 5.97 Å². The van der Waals surface area contributed by atoms with E-state index >= 15 is 0 Å². The van der Waals surface area contributed by atoms with Crippen LogP contribution in [0.2, 0.25) is 0 Å². The Morgan fingerprint density at radius 2 is 1.63 bits per heavy atom. The second-order valence-corrected chi connectivity index (χ2v) is 19.8. The zero-order valence-electron chi connectivity index (χ0n) is 35.2. The molecule has 4 aliphatic heterocycles. The molecule has 8 N–H and O–H groups in total. The van der Waals surface area contributed by atoms with Gasteiger partial charge in [-0.05, 0) is 81.6 Å². The van der Waals surface area contributed by atoms with Gasteiger partial charge in [-0.25, -0.2) is 4.79 Å². The van der Waals surface area contributed by atoms with Crippen molar-refractivity contribution in [1.82, 2.24) is 0 Å². The minimum absolute atomic E-state index is 0.00274. The number of aldehydes is 1. The van der Waals surface area contributed by atoms with Crippen LogP contribution in [0.25, 0.3) is 0 Å². The van der Waals surface area contributed by atoms with Crippen molar-refractivity contribution < 1.29 is 93.1 Å². The number of fused-ring (bicyclic) bond motifs is 5. The first-order valence-corrected chi connectivity index (χ1v) is 22.2. The van der Waals surface area contributed by atoms with Gasteiger partial charge in [-0.15, -0.1) is 0 Å². The van der Waals surface area contributed by atoms with E-state index in [9.17, 15) is 55.2 Å². The molecule has 4 unspecified atom stereocenters. The number of carbonyl (C=O) groups excluding carboxylic acids is 3. The summed E-state index contributed by atoms with van der Waals surface area (Å²) in [6, 6.07) is 0. The predicted octanol–water partition coefficient (Wildman–Crippen LogP) is -1.57. The van der Waals surface area contributed by atoms with E-state index in [4.69, 9.17) is 37.9 Å². The van der Waals surface area contributed by atoms with Crippen molar-refractivity contribution in [2.75, 3.05) is 20.3 Å². The van der Waals surface area contributed by atoms with Gasteiger partial charge in [0.1, 0.15) is 55.1 Å². The molecular formula is C43H62O19. The summed E-state index contributed by atoms with van der Waals surface area (Å²) in [6.07, 6.45) is -10.9. The van der Waals surface area contributed by atoms with Crippen LogP contribution in [0.5, 0.6) is 0 Å². The summed E-state index contributed by atoms with van der Waals surface area (Å²) in [5.41, 5.74) is -4.71. The smallest absolute Gasteiger partial charge is 0.331 e. The number of rotatable bonds is 10. The highest BCUT2D eigenvalue weighted by Gasteiger charge is 2.73. The summed E-state index contributed by atoms with van der Waals surface area (Å²) in [5.74, 6) is -1.79. The Balaban J connectivity index is 0.832. The van der Waals surface area contributed by atoms with Crippen LogP contribution in [0, 0.1) is 28.6 Å². The van der Waals surface area contributed by atoms with E-state index in [1.807, 2.05) is 0 Å². The molecule has 8 fully saturated rings. The lowest BCUT2D eigenvalue weighted by Crippen LogP contribution is -2.69. The molecule has 0 amide bonds. The van der Waals surface area contributed by atoms with E-state index in [2.05, 4.69) is 6.92 Å². The molecule has 0 aromatic heterocycles. The van der Waals surface area contributed by atoms with E-state index < -0.39 is 126 Å². The Labute approximate surface area is 358 Å². The van der Waals surface area contributed by atoms with Crippen LogP contribution in [0.15, 0.2) is 11.6 Å². The second kappa shape index (κ2) is 16.1. The van der Waals surface area contributed by atoms with Crippen LogP contribution < -0.4 is 0 Å². The molecule has 19 nitrogen and oxygen atoms in total. The highest BCUT2D eigenvalue weighted by Crippen LogP contribution is 2.70. The lowest BCUT2D eigenvalue weighted by Gasteiger charge is -2.65. The van der Waals surface area contributed by atoms with E-state index in [1.54, 1.807) is 13.0 Å². The van der Waals surface area contributed by atoms with Crippen molar-refractivity contribution >= 4 is 18.0 Å². The Bertz CT molecular complexity index is 1780. The van der Waals surface area contributed by atoms with Gasteiger partial charge in [0, 0.05) is 37.9 Å². The summed E-state index contributed by atoms with van der Waals surface area (Å²) < 4.78 is 47.4. The number of methoxy groups -OCH3 is 1. The fraction of sp³-hybridized carbons (Fsp3) is 0.884. The number of hydrogen-bond acceptors (Lipinski definition) is 19. The summed E-state index contributed by atoms with van der Waals surface area (Å²) in [5, 5.41) is 87.9. The molecule has 4 heterocycles. The summed E-state index contributed by atoms with van der Waals surface area (Å²) in [6.45, 7) is 3.33. The van der Waals surface area contributed by atoms with E-state index in [0.717, 1.165) is 18.3 Å². The van der Waals surface area contributed by atoms with Gasteiger partial charge in [0.05, 0.1) is 47.6 Å². The third kappa shape index (κ3) is 6.74. The zero-order valence-corrected chi connectivity index (χ0v) is 35.2. The van der Waals surface area contributed by atoms with E-state index in [-0.39, 0.29) is 49.6 Å². The second-order valence-electron chi connectivity index (χ2n) is 19.8. The molecule has 0 radical (unpaired) electrons. The van der Waals surface area contributed by atoms with Crippen molar-refractivity contribution in [1.29, 1.82) is 0 Å². The molecule has 0 aromatic carbocycles. The Hall–Kier alpha value is -2.05. The Morgan fingerprint density at radius 3 is 2.32 bits per heavy atom. The van der Waals surface area contributed by atoms with Crippen molar-refractivity contribution in [2.24, 2.45) is 28.6 Å². The lowest BCUT2D eigenvalue weighted by atomic mass is 9.41. The maximum atomic E-state index is 13.3. The molecule has 3 saturated heterocycles. The van der Waals surface area contributed by atoms with Gasteiger partial charge in [0.2, 0.25) is 0 Å². The van der Waals surface area contributed by atoms with Crippen molar-refractivity contribution in [3.05, 3.63) is 11.6 Å². The molecular weight excluding hydrogens is 820 g/mol. The standard InChI is InChI=1S/C43H62O19/c1-19-35(61-38-34(51)32(49)36(52)42(62-38)15-27(42)60-37-33(50)31(48)30(47)26(16-44)59-37)25(55-3)13-29(57-19)58-21-4-9-40(18-45)23-5-8-39(2)22(20-12-28(46)56-17-20)7-11-43(39,54)24(23)6-10-41(40,53)14-21/h12,18-19,21-27,29-30,32-38,44,47,49-54H,4-11,13-17H2,1-3H3/t19-,21+,22-,23?,24?,25-,26+,27?,29-,30+,32-,33+,34+,35-,36-,37-,38+,39-,40+,41-,42?,43-/m1/s1. The molecule has 19 heteroatoms. The van der Waals surface area contributed by atoms with E-state index in [0.29, 0.717) is 44.9 Å². The van der Waals surface area contributed by atoms with Crippen LogP contribution >= 0.6 is 0 Å². The van der Waals surface area contributed by atoms with E-state index in [1.165, 1.54) is 7.11 Å². The summed E-state index contributed by atoms with van der Waals surface area (Å²) >= 11 is 0. The minimum atomic E-state index is -1.90. The SMILES string of the molecule is CO[C@@H]1C[C@@H](O[C@H]2CC[C@]3(C=O)C4CC[C@]5(C)[C@@H](C6=CC(=O)OC6)CC[C@@]5(O)C4CC[C@@]3(O)C2)O[C@H](C)[C@H]1O[C@H]1OC2(CC2O[C@H]2O[C@@H](CO)[C@H](O)C(=O)[C@@H]2O)[C@H](O)[C@H](O)[C@@H]1O. The predicted molar refractivity (Wildman–Crippen MR) is 205 cm³/mol. The van der Waals surface area contributed by atoms with Gasteiger partial charge in [0.15, 0.2) is 30.8 Å². The first kappa shape index (κ1) is 45.1. The topological polar surface area (TPSA) is 287 Å². The van der Waals surface area contributed by atoms with Crippen molar-refractivity contribution in [3.8, 4) is 0 Å². The van der Waals surface area contributed by atoms with Crippen molar-refractivity contribution in [3.63, 3.8) is 0 Å². The van der Waals surface area contributed by atoms with Crippen molar-refractivity contribution in [2.45, 2.75) is 187 Å². The highest BCUT2D eigenvalue weighted by atomic mass is 16.8. The van der Waals surface area contributed by atoms with Crippen LogP contribution in [0.3, 0.4) is 0 Å². The number of aliphatic hydroxyl groups excluding tert-OH is 6. The monoisotopic (exact) mass is 882 g/mol. The zero-order chi connectivity index (χ0) is 44.3. The quantitative estimate of drug-likeness (QED) is 0.0699. The molecule has 62 heavy (non-hydrogen) atoms. The number of hydrogen-bond donors (Lipinski definition) is 8. The van der Waals surface area contributed by atoms with Gasteiger partial charge < -0.3 is 83.5 Å². The number of carbonyl (C=O) groups is 3. The van der Waals surface area contributed by atoms with Gasteiger partial charge in [-0.2, -0.15) is 0 Å². The number of Topliss-reactive ketones (excluding diaryl/α,β-unsaturated/α-hetero) is 1. The first-order valence-electron chi connectivity index (χ1n) is 22.2. The number of ketones is 1. The normalized spacial score (nSPS) is 54.9. The minimum Gasteiger partial charge on any atom is -0.458 e. The van der Waals surface area contributed by atoms with Gasteiger partial charge in [-0.3, -0.25) is 4.79 Å². The fourth-order valence-corrected chi connectivity index (χ4v) is 13.5. The molecule has 9 aliphatic rings. The molecule has 1 spiro atoms. The van der Waals surface area contributed by atoms with Gasteiger partial charge in [0.25, 0.3) is 0 Å². The number of aliphatic hydroxyl groups is 8. The number of cyclic esters (lactones) is 1.